The molecule has 0 aromatic heterocycles. The molecule has 21 N–H and O–H groups in total. The first-order valence-corrected chi connectivity index (χ1v) is 38.7. The smallest absolute Gasteiger partial charge is 0.493 e. The molecule has 0 unspecified atom stereocenters. The summed E-state index contributed by atoms with van der Waals surface area (Å²) < 4.78 is 57.8. The second-order valence-corrected chi connectivity index (χ2v) is 27.7. The number of carbonyl (C=O) groups excluding carboxylic acids is 9. The molecule has 2 heterocycles. The van der Waals surface area contributed by atoms with Crippen LogP contribution in [0.5, 0.6) is 23.0 Å². The normalized spacial score (nSPS) is 13.5. The number of benzene rings is 6. The number of amides is 6. The molecule has 8 rings (SSSR count). The van der Waals surface area contributed by atoms with Crippen molar-refractivity contribution in [3.8, 4) is 23.0 Å². The second kappa shape index (κ2) is 50.1. The number of fused-ring (bicyclic) bond motifs is 2. The van der Waals surface area contributed by atoms with Gasteiger partial charge in [-0.3, -0.25) is 43.2 Å². The first kappa shape index (κ1) is 92.6. The van der Waals surface area contributed by atoms with Gasteiger partial charge in [0.2, 0.25) is 35.4 Å². The van der Waals surface area contributed by atoms with Gasteiger partial charge in [-0.2, -0.15) is 0 Å². The van der Waals surface area contributed by atoms with Crippen molar-refractivity contribution >= 4 is 52.8 Å². The summed E-state index contributed by atoms with van der Waals surface area (Å²) in [5, 5.41) is 8.31. The van der Waals surface area contributed by atoms with Gasteiger partial charge in [-0.15, -0.1) is 13.2 Å². The molecule has 6 aromatic rings. The van der Waals surface area contributed by atoms with Crippen molar-refractivity contribution in [3.63, 3.8) is 0 Å². The van der Waals surface area contributed by atoms with E-state index < -0.39 is 60.3 Å². The number of halogens is 3. The SMILES string of the molecule is NCCN(CCN)C(=O)C[C@H](N)C(=O)N[C@@H](CCc1ccccc1)C(=O)CCc1ccc(OC(F)(F)F)cc1.NCCN(CCN)C(=O)C[C@H](N)C(=O)N[C@@H](CCc1ccccc1)C(=O)CCc1ccc2c(c1)CCO2.NCCN(CCN)C(=O)C[C@H](N)C(=O)N[C@@H](CCc1ccccc1)C(=O)CCc1ccc2c(c1)OCCO2. The van der Waals surface area contributed by atoms with Gasteiger partial charge < -0.3 is 101 Å². The van der Waals surface area contributed by atoms with E-state index in [9.17, 15) is 56.3 Å². The van der Waals surface area contributed by atoms with Gasteiger partial charge in [0.1, 0.15) is 24.7 Å². The topological polar surface area (TPSA) is 471 Å². The second-order valence-electron chi connectivity index (χ2n) is 27.7. The van der Waals surface area contributed by atoms with Gasteiger partial charge in [0.05, 0.1) is 62.1 Å². The van der Waals surface area contributed by atoms with Gasteiger partial charge in [-0.05, 0) is 127 Å². The fourth-order valence-corrected chi connectivity index (χ4v) is 12.7. The quantitative estimate of drug-likeness (QED) is 0.0261. The molecule has 620 valence electrons. The van der Waals surface area contributed by atoms with Crippen LogP contribution in [0.3, 0.4) is 0 Å². The van der Waals surface area contributed by atoms with E-state index in [1.807, 2.05) is 121 Å². The Bertz CT molecular complexity index is 3950. The van der Waals surface area contributed by atoms with Crippen LogP contribution in [0.15, 0.2) is 152 Å². The highest BCUT2D eigenvalue weighted by Gasteiger charge is 2.33. The van der Waals surface area contributed by atoms with Crippen LogP contribution in [0.1, 0.15) is 96.7 Å². The number of nitrogens with one attached hydrogen (secondary N) is 3. The maximum atomic E-state index is 13.3. The lowest BCUT2D eigenvalue weighted by molar-refractivity contribution is -0.274. The van der Waals surface area contributed by atoms with Crippen molar-refractivity contribution in [3.05, 3.63) is 191 Å². The summed E-state index contributed by atoms with van der Waals surface area (Å²) in [5.74, 6) is -1.15. The maximum absolute atomic E-state index is 13.3. The number of nitrogens with two attached hydrogens (primary N) is 9. The molecule has 0 radical (unpaired) electrons. The van der Waals surface area contributed by atoms with Gasteiger partial charge in [-0.1, -0.05) is 121 Å². The zero-order chi connectivity index (χ0) is 82.8. The molecule has 31 heteroatoms. The van der Waals surface area contributed by atoms with Crippen LogP contribution >= 0.6 is 0 Å². The van der Waals surface area contributed by atoms with Crippen LogP contribution in [0.2, 0.25) is 0 Å². The van der Waals surface area contributed by atoms with Crippen LogP contribution in [0, 0.1) is 0 Å². The molecule has 0 saturated carbocycles. The standard InChI is InChI=1S/C28H39N5O5.C28H39N5O4.C27H36F3N5O4/c29-12-14-33(15-13-30)27(35)19-22(31)28(36)32-23(9-6-20-4-2-1-3-5-20)24(34)10-7-21-8-11-25-26(18-21)38-17-16-37-25;29-13-15-33(16-14-30)27(35)19-23(31)28(36)32-24(9-6-20-4-2-1-3-5-20)25(34)10-7-21-8-11-26-22(18-21)12-17-37-26;28-27(29,30)39-21-10-6-20(7-11-21)9-13-24(36)23(12-8-19-4-2-1-3-5-19)34-26(38)22(33)18-25(37)35(16-14-31)17-15-32/h1-5,8,11,18,22-23H,6-7,9-10,12-17,19,29-31H2,(H,32,36);1-5,8,11,18,23-24H,6-7,9-10,12-17,19,29-31H2,(H,32,36);1-7,10-11,22-23H,8-9,12-18,31-33H2,(H,34,38)/t22-,23-;23-,24-;22-,23-/m000/s1. The minimum Gasteiger partial charge on any atom is -0.493 e. The fourth-order valence-electron chi connectivity index (χ4n) is 12.7. The average molecular weight is 1590 g/mol. The summed E-state index contributed by atoms with van der Waals surface area (Å²) in [5.41, 5.74) is 58.4. The highest BCUT2D eigenvalue weighted by molar-refractivity contribution is 5.95. The predicted octanol–water partition coefficient (Wildman–Crippen LogP) is 2.91. The first-order valence-electron chi connectivity index (χ1n) is 38.7. The van der Waals surface area contributed by atoms with Crippen LogP contribution in [0.4, 0.5) is 13.2 Å². The molecule has 0 fully saturated rings. The lowest BCUT2D eigenvalue weighted by Crippen LogP contribution is -2.51. The molecule has 114 heavy (non-hydrogen) atoms. The van der Waals surface area contributed by atoms with E-state index in [1.165, 1.54) is 39.0 Å². The molecule has 0 saturated heterocycles. The Morgan fingerprint density at radius 3 is 1.04 bits per heavy atom. The number of ketones is 3. The Balaban J connectivity index is 0.000000266. The Morgan fingerprint density at radius 1 is 0.377 bits per heavy atom. The number of ether oxygens (including phenoxy) is 4. The van der Waals surface area contributed by atoms with Crippen molar-refractivity contribution in [2.45, 2.75) is 145 Å². The molecule has 0 aliphatic carbocycles. The molecule has 2 aliphatic heterocycles. The Hall–Kier alpha value is -10.2. The molecule has 6 atom stereocenters. The van der Waals surface area contributed by atoms with Crippen molar-refractivity contribution < 1.29 is 75.3 Å². The van der Waals surface area contributed by atoms with E-state index in [1.54, 1.807) is 0 Å². The third-order valence-corrected chi connectivity index (χ3v) is 19.0. The third kappa shape index (κ3) is 33.5. The Kier molecular flexibility index (Phi) is 40.7. The maximum Gasteiger partial charge on any atom is 0.573 e. The zero-order valence-corrected chi connectivity index (χ0v) is 64.8. The zero-order valence-electron chi connectivity index (χ0n) is 64.8. The highest BCUT2D eigenvalue weighted by Crippen LogP contribution is 2.32. The summed E-state index contributed by atoms with van der Waals surface area (Å²) in [7, 11) is 0. The number of nitrogens with zero attached hydrogens (tertiary/aromatic N) is 3. The molecule has 6 amide bonds. The van der Waals surface area contributed by atoms with Gasteiger partial charge in [0.15, 0.2) is 28.8 Å². The molecule has 2 aliphatic rings. The Labute approximate surface area is 664 Å². The molecule has 28 nitrogen and oxygen atoms in total. The van der Waals surface area contributed by atoms with Crippen molar-refractivity contribution in [2.24, 2.45) is 51.6 Å². The summed E-state index contributed by atoms with van der Waals surface area (Å²) in [6, 6.07) is 40.2. The molecule has 0 bridgehead atoms. The van der Waals surface area contributed by atoms with Gasteiger partial charge in [0, 0.05) is 104 Å². The summed E-state index contributed by atoms with van der Waals surface area (Å²) in [6.07, 6.45) is 0.224. The van der Waals surface area contributed by atoms with Crippen molar-refractivity contribution in [1.82, 2.24) is 30.7 Å². The Morgan fingerprint density at radius 2 is 0.684 bits per heavy atom. The van der Waals surface area contributed by atoms with E-state index >= 15 is 0 Å². The number of aryl methyl sites for hydroxylation is 6. The van der Waals surface area contributed by atoms with E-state index in [2.05, 4.69) is 26.8 Å². The van der Waals surface area contributed by atoms with Gasteiger partial charge in [-0.25, -0.2) is 0 Å². The minimum atomic E-state index is -4.79. The molecule has 0 spiro atoms. The number of hydrogen-bond acceptors (Lipinski definition) is 22. The minimum absolute atomic E-state index is 0.0359. The molecule has 6 aromatic carbocycles. The summed E-state index contributed by atoms with van der Waals surface area (Å²) in [6.45, 7) is 5.24. The number of alkyl halides is 3. The highest BCUT2D eigenvalue weighted by atomic mass is 19.4. The van der Waals surface area contributed by atoms with Crippen molar-refractivity contribution in [2.75, 3.05) is 98.4 Å². The number of Topliss-reactive ketones (excluding diaryl/α,β-unsaturated/α-hetero) is 3. The predicted molar refractivity (Wildman–Crippen MR) is 428 cm³/mol. The molecular formula is C83H114F3N15O13. The first-order chi connectivity index (χ1) is 54.8. The van der Waals surface area contributed by atoms with E-state index in [0.29, 0.717) is 128 Å². The van der Waals surface area contributed by atoms with E-state index in [4.69, 9.17) is 65.8 Å². The lowest BCUT2D eigenvalue weighted by atomic mass is 9.96. The van der Waals surface area contributed by atoms with Crippen molar-refractivity contribution in [1.29, 1.82) is 0 Å². The van der Waals surface area contributed by atoms with E-state index in [0.717, 1.165) is 45.6 Å². The van der Waals surface area contributed by atoms with Crippen LogP contribution in [-0.4, -0.2) is 208 Å². The lowest BCUT2D eigenvalue weighted by Gasteiger charge is -2.24. The van der Waals surface area contributed by atoms with Gasteiger partial charge >= 0.3 is 6.36 Å². The fraction of sp³-hybridized carbons (Fsp3) is 0.458. The number of hydrogen-bond donors (Lipinski definition) is 12. The molecular weight excluding hydrogens is 1470 g/mol. The van der Waals surface area contributed by atoms with Crippen LogP contribution < -0.4 is 86.5 Å². The average Bonchev–Trinajstić information content (AvgIpc) is 1.82. The summed E-state index contributed by atoms with van der Waals surface area (Å²) in [4.78, 5) is 121. The monoisotopic (exact) mass is 1590 g/mol. The number of rotatable bonds is 46. The summed E-state index contributed by atoms with van der Waals surface area (Å²) >= 11 is 0. The van der Waals surface area contributed by atoms with Crippen LogP contribution in [0.25, 0.3) is 0 Å². The third-order valence-electron chi connectivity index (χ3n) is 19.0. The largest absolute Gasteiger partial charge is 0.573 e. The van der Waals surface area contributed by atoms with Crippen LogP contribution in [-0.2, 0) is 88.1 Å². The van der Waals surface area contributed by atoms with Gasteiger partial charge in [0.25, 0.3) is 0 Å². The van der Waals surface area contributed by atoms with E-state index in [-0.39, 0.29) is 125 Å². The number of carbonyl (C=O) groups is 9.